The van der Waals surface area contributed by atoms with Crippen molar-refractivity contribution in [1.29, 1.82) is 0 Å². The topological polar surface area (TPSA) is 76.9 Å². The Morgan fingerprint density at radius 2 is 1.74 bits per heavy atom. The van der Waals surface area contributed by atoms with Crippen molar-refractivity contribution in [1.82, 2.24) is 14.5 Å². The summed E-state index contributed by atoms with van der Waals surface area (Å²) in [6.45, 7) is 0. The molecule has 0 atom stereocenters. The van der Waals surface area contributed by atoms with Crippen molar-refractivity contribution in [3.63, 3.8) is 0 Å². The number of fused-ring (bicyclic) bond motifs is 1. The number of nitrogens with zero attached hydrogens (tertiary/aromatic N) is 3. The Morgan fingerprint density at radius 1 is 0.914 bits per heavy atom. The van der Waals surface area contributed by atoms with E-state index in [1.807, 2.05) is 47.2 Å². The number of nitrogens with one attached hydrogen (secondary N) is 1. The van der Waals surface area contributed by atoms with Crippen LogP contribution in [0, 0.1) is 23.5 Å². The molecule has 0 amide bonds. The van der Waals surface area contributed by atoms with Crippen LogP contribution >= 0.6 is 0 Å². The van der Waals surface area contributed by atoms with Gasteiger partial charge in [-0.1, -0.05) is 30.0 Å². The third-order valence-corrected chi connectivity index (χ3v) is 6.52. The van der Waals surface area contributed by atoms with Crippen LogP contribution < -0.4 is 4.72 Å². The summed E-state index contributed by atoms with van der Waals surface area (Å²) in [5.41, 5.74) is 1.13. The van der Waals surface area contributed by atoms with Crippen molar-refractivity contribution in [2.45, 2.75) is 4.90 Å². The molecule has 35 heavy (non-hydrogen) atoms. The molecule has 0 aliphatic rings. The van der Waals surface area contributed by atoms with Crippen molar-refractivity contribution in [3.8, 4) is 17.5 Å². The Labute approximate surface area is 200 Å². The van der Waals surface area contributed by atoms with Crippen LogP contribution in [-0.4, -0.2) is 23.0 Å². The van der Waals surface area contributed by atoms with Crippen molar-refractivity contribution in [2.24, 2.45) is 0 Å². The standard InChI is InChI=1S/C26H16F2N4O2S/c27-23-10-11-24(31-35(33,34)21-7-4-13-29-17-21)25(28)22(23)9-8-18-15-19-12-14-32(26(19)30-16-18)20-5-2-1-3-6-20/h1-7,10-17,31H. The van der Waals surface area contributed by atoms with Gasteiger partial charge in [0.2, 0.25) is 0 Å². The number of halogens is 2. The van der Waals surface area contributed by atoms with Gasteiger partial charge < -0.3 is 4.57 Å². The molecule has 0 aliphatic carbocycles. The summed E-state index contributed by atoms with van der Waals surface area (Å²) in [5, 5.41) is 0.805. The van der Waals surface area contributed by atoms with Gasteiger partial charge in [-0.05, 0) is 48.5 Å². The van der Waals surface area contributed by atoms with Crippen LogP contribution in [0.4, 0.5) is 14.5 Å². The van der Waals surface area contributed by atoms with Crippen LogP contribution in [0.3, 0.4) is 0 Å². The Bertz CT molecular complexity index is 1710. The smallest absolute Gasteiger partial charge is 0.263 e. The van der Waals surface area contributed by atoms with Crippen LogP contribution in [0.2, 0.25) is 0 Å². The molecule has 0 radical (unpaired) electrons. The molecule has 0 unspecified atom stereocenters. The predicted molar refractivity (Wildman–Crippen MR) is 128 cm³/mol. The molecule has 0 saturated carbocycles. The molecule has 0 fully saturated rings. The minimum atomic E-state index is -4.11. The maximum absolute atomic E-state index is 15.0. The second-order valence-corrected chi connectivity index (χ2v) is 9.17. The van der Waals surface area contributed by atoms with E-state index < -0.39 is 32.9 Å². The van der Waals surface area contributed by atoms with E-state index >= 15 is 4.39 Å². The van der Waals surface area contributed by atoms with Crippen molar-refractivity contribution in [3.05, 3.63) is 114 Å². The number of sulfonamides is 1. The first-order valence-electron chi connectivity index (χ1n) is 10.4. The molecule has 6 nitrogen and oxygen atoms in total. The van der Waals surface area contributed by atoms with E-state index in [1.165, 1.54) is 24.5 Å². The summed E-state index contributed by atoms with van der Waals surface area (Å²) in [5.74, 6) is 3.16. The average Bonchev–Trinajstić information content (AvgIpc) is 3.30. The van der Waals surface area contributed by atoms with Crippen LogP contribution in [0.25, 0.3) is 16.7 Å². The summed E-state index contributed by atoms with van der Waals surface area (Å²) in [4.78, 5) is 8.04. The van der Waals surface area contributed by atoms with Gasteiger partial charge in [0.15, 0.2) is 5.82 Å². The molecule has 0 bridgehead atoms. The fourth-order valence-electron chi connectivity index (χ4n) is 3.48. The zero-order valence-electron chi connectivity index (χ0n) is 18.0. The molecule has 0 spiro atoms. The quantitative estimate of drug-likeness (QED) is 0.367. The SMILES string of the molecule is O=S(=O)(Nc1ccc(F)c(C#Cc2cnc3c(ccn3-c3ccccc3)c2)c1F)c1cccnc1. The summed E-state index contributed by atoms with van der Waals surface area (Å²) in [7, 11) is -4.11. The highest BCUT2D eigenvalue weighted by Gasteiger charge is 2.19. The average molecular weight is 487 g/mol. The molecule has 172 valence electrons. The lowest BCUT2D eigenvalue weighted by atomic mass is 10.1. The highest BCUT2D eigenvalue weighted by Crippen LogP contribution is 2.24. The van der Waals surface area contributed by atoms with E-state index in [2.05, 4.69) is 26.5 Å². The van der Waals surface area contributed by atoms with Gasteiger partial charge in [0, 0.05) is 41.4 Å². The lowest BCUT2D eigenvalue weighted by Crippen LogP contribution is -2.14. The molecule has 1 N–H and O–H groups in total. The number of pyridine rings is 2. The summed E-state index contributed by atoms with van der Waals surface area (Å²) in [6.07, 6.45) is 5.92. The van der Waals surface area contributed by atoms with Gasteiger partial charge in [-0.3, -0.25) is 9.71 Å². The molecule has 5 aromatic rings. The number of anilines is 1. The monoisotopic (exact) mass is 486 g/mol. The Hall–Kier alpha value is -4.55. The number of benzene rings is 2. The molecular formula is C26H16F2N4O2S. The fourth-order valence-corrected chi connectivity index (χ4v) is 4.50. The number of hydrogen-bond donors (Lipinski definition) is 1. The number of hydrogen-bond acceptors (Lipinski definition) is 4. The zero-order valence-corrected chi connectivity index (χ0v) is 18.8. The van der Waals surface area contributed by atoms with Crippen molar-refractivity contribution < 1.29 is 17.2 Å². The number of para-hydroxylation sites is 1. The largest absolute Gasteiger partial charge is 0.301 e. The summed E-state index contributed by atoms with van der Waals surface area (Å²) >= 11 is 0. The van der Waals surface area contributed by atoms with Gasteiger partial charge in [0.1, 0.15) is 16.4 Å². The normalized spacial score (nSPS) is 11.1. The van der Waals surface area contributed by atoms with Crippen LogP contribution in [0.1, 0.15) is 11.1 Å². The van der Waals surface area contributed by atoms with Crippen LogP contribution in [0.15, 0.2) is 96.4 Å². The molecule has 3 aromatic heterocycles. The third-order valence-electron chi connectivity index (χ3n) is 5.17. The van der Waals surface area contributed by atoms with Crippen LogP contribution in [-0.2, 0) is 10.0 Å². The number of rotatable bonds is 4. The molecule has 0 saturated heterocycles. The van der Waals surface area contributed by atoms with Gasteiger partial charge in [0.05, 0.1) is 11.3 Å². The first-order chi connectivity index (χ1) is 16.9. The molecular weight excluding hydrogens is 470 g/mol. The first-order valence-corrected chi connectivity index (χ1v) is 11.9. The number of aromatic nitrogens is 3. The summed E-state index contributed by atoms with van der Waals surface area (Å²) in [6, 6.07) is 18.0. The van der Waals surface area contributed by atoms with E-state index in [9.17, 15) is 12.8 Å². The summed E-state index contributed by atoms with van der Waals surface area (Å²) < 4.78 is 58.4. The predicted octanol–water partition coefficient (Wildman–Crippen LogP) is 4.90. The zero-order chi connectivity index (χ0) is 24.4. The molecule has 5 rings (SSSR count). The molecule has 3 heterocycles. The van der Waals surface area contributed by atoms with Gasteiger partial charge in [-0.2, -0.15) is 0 Å². The Morgan fingerprint density at radius 3 is 2.51 bits per heavy atom. The minimum absolute atomic E-state index is 0.154. The highest BCUT2D eigenvalue weighted by molar-refractivity contribution is 7.92. The Kier molecular flexibility index (Phi) is 5.73. The van der Waals surface area contributed by atoms with Crippen molar-refractivity contribution in [2.75, 3.05) is 4.72 Å². The highest BCUT2D eigenvalue weighted by atomic mass is 32.2. The van der Waals surface area contributed by atoms with E-state index in [-0.39, 0.29) is 4.90 Å². The van der Waals surface area contributed by atoms with Gasteiger partial charge in [0.25, 0.3) is 10.0 Å². The fraction of sp³-hybridized carbons (Fsp3) is 0. The van der Waals surface area contributed by atoms with Gasteiger partial charge in [-0.15, -0.1) is 0 Å². The molecule has 9 heteroatoms. The van der Waals surface area contributed by atoms with E-state index in [0.717, 1.165) is 29.4 Å². The lowest BCUT2D eigenvalue weighted by Gasteiger charge is -2.10. The first kappa shape index (κ1) is 22.3. The lowest BCUT2D eigenvalue weighted by molar-refractivity contribution is 0.578. The van der Waals surface area contributed by atoms with Crippen molar-refractivity contribution >= 4 is 26.7 Å². The second-order valence-electron chi connectivity index (χ2n) is 7.49. The maximum atomic E-state index is 15.0. The van der Waals surface area contributed by atoms with Gasteiger partial charge >= 0.3 is 0 Å². The van der Waals surface area contributed by atoms with E-state index in [1.54, 1.807) is 6.07 Å². The van der Waals surface area contributed by atoms with Gasteiger partial charge in [-0.25, -0.2) is 22.2 Å². The molecule has 2 aromatic carbocycles. The second kappa shape index (κ2) is 9.00. The third kappa shape index (κ3) is 4.47. The molecule has 0 aliphatic heterocycles. The van der Waals surface area contributed by atoms with Crippen LogP contribution in [0.5, 0.6) is 0 Å². The van der Waals surface area contributed by atoms with E-state index in [4.69, 9.17) is 0 Å². The minimum Gasteiger partial charge on any atom is -0.301 e. The Balaban J connectivity index is 1.46. The van der Waals surface area contributed by atoms with E-state index in [0.29, 0.717) is 11.2 Å². The maximum Gasteiger partial charge on any atom is 0.263 e.